The number of nitrogens with one attached hydrogen (secondary N) is 2. The van der Waals surface area contributed by atoms with Crippen LogP contribution in [0.5, 0.6) is 0 Å². The molecule has 0 unspecified atom stereocenters. The highest BCUT2D eigenvalue weighted by molar-refractivity contribution is 6.31. The van der Waals surface area contributed by atoms with Crippen molar-refractivity contribution in [2.75, 3.05) is 45.2 Å². The molecule has 2 N–H and O–H groups in total. The van der Waals surface area contributed by atoms with Crippen molar-refractivity contribution in [3.05, 3.63) is 28.8 Å². The standard InChI is InChI=1S/C20H32ClN5/c1-22-20(24-16-7-4-3-5-8-16)23-15-17-18(21)9-6-10-19(17)26-13-11-25(2)12-14-26/h6,9-10,16H,3-5,7-8,11-15H2,1-2H3,(H2,22,23,24). The van der Waals surface area contributed by atoms with E-state index in [2.05, 4.69) is 44.6 Å². The first-order valence-corrected chi connectivity index (χ1v) is 10.2. The summed E-state index contributed by atoms with van der Waals surface area (Å²) in [6.07, 6.45) is 6.45. The lowest BCUT2D eigenvalue weighted by atomic mass is 9.96. The van der Waals surface area contributed by atoms with E-state index >= 15 is 0 Å². The fourth-order valence-electron chi connectivity index (χ4n) is 3.87. The molecule has 144 valence electrons. The second-order valence-corrected chi connectivity index (χ2v) is 7.84. The zero-order chi connectivity index (χ0) is 18.4. The molecule has 0 bridgehead atoms. The van der Waals surface area contributed by atoms with Gasteiger partial charge in [0.2, 0.25) is 0 Å². The van der Waals surface area contributed by atoms with Crippen molar-refractivity contribution < 1.29 is 0 Å². The molecule has 0 spiro atoms. The van der Waals surface area contributed by atoms with Crippen LogP contribution in [0, 0.1) is 0 Å². The quantitative estimate of drug-likeness (QED) is 0.625. The second kappa shape index (κ2) is 9.47. The van der Waals surface area contributed by atoms with Gasteiger partial charge in [-0.1, -0.05) is 36.9 Å². The number of nitrogens with zero attached hydrogens (tertiary/aromatic N) is 3. The molecule has 5 nitrogen and oxygen atoms in total. The van der Waals surface area contributed by atoms with E-state index in [-0.39, 0.29) is 0 Å². The summed E-state index contributed by atoms with van der Waals surface area (Å²) in [6.45, 7) is 4.94. The summed E-state index contributed by atoms with van der Waals surface area (Å²) < 4.78 is 0. The number of piperazine rings is 1. The Morgan fingerprint density at radius 2 is 1.88 bits per heavy atom. The number of anilines is 1. The molecule has 1 aromatic rings. The largest absolute Gasteiger partial charge is 0.369 e. The van der Waals surface area contributed by atoms with Gasteiger partial charge in [-0.2, -0.15) is 0 Å². The van der Waals surface area contributed by atoms with Gasteiger partial charge in [-0.05, 0) is 32.0 Å². The first kappa shape index (κ1) is 19.3. The van der Waals surface area contributed by atoms with Gasteiger partial charge in [0.05, 0.1) is 0 Å². The Kier molecular flexibility index (Phi) is 7.03. The van der Waals surface area contributed by atoms with Crippen LogP contribution in [0.25, 0.3) is 0 Å². The zero-order valence-electron chi connectivity index (χ0n) is 16.1. The van der Waals surface area contributed by atoms with Gasteiger partial charge in [0.15, 0.2) is 5.96 Å². The molecule has 0 radical (unpaired) electrons. The first-order chi connectivity index (χ1) is 12.7. The third-order valence-electron chi connectivity index (χ3n) is 5.54. The van der Waals surface area contributed by atoms with Crippen LogP contribution in [0.2, 0.25) is 5.02 Å². The summed E-state index contributed by atoms with van der Waals surface area (Å²) in [5.41, 5.74) is 2.40. The predicted molar refractivity (Wildman–Crippen MR) is 111 cm³/mol. The smallest absolute Gasteiger partial charge is 0.191 e. The predicted octanol–water partition coefficient (Wildman–Crippen LogP) is 3.09. The van der Waals surface area contributed by atoms with Crippen molar-refractivity contribution in [2.45, 2.75) is 44.7 Å². The number of halogens is 1. The number of hydrogen-bond acceptors (Lipinski definition) is 3. The fraction of sp³-hybridized carbons (Fsp3) is 0.650. The van der Waals surface area contributed by atoms with E-state index in [1.165, 1.54) is 37.8 Å². The molecule has 0 aromatic heterocycles. The normalized spacial score (nSPS) is 20.3. The lowest BCUT2D eigenvalue weighted by Crippen LogP contribution is -2.45. The highest BCUT2D eigenvalue weighted by Crippen LogP contribution is 2.28. The fourth-order valence-corrected chi connectivity index (χ4v) is 4.11. The van der Waals surface area contributed by atoms with Gasteiger partial charge in [0.25, 0.3) is 0 Å². The van der Waals surface area contributed by atoms with Crippen molar-refractivity contribution in [3.63, 3.8) is 0 Å². The zero-order valence-corrected chi connectivity index (χ0v) is 16.9. The molecule has 2 aliphatic rings. The average molecular weight is 378 g/mol. The van der Waals surface area contributed by atoms with E-state index in [1.54, 1.807) is 0 Å². The molecular formula is C20H32ClN5. The molecule has 1 aliphatic heterocycles. The molecule has 1 saturated carbocycles. The molecule has 26 heavy (non-hydrogen) atoms. The Labute approximate surface area is 162 Å². The highest BCUT2D eigenvalue weighted by atomic mass is 35.5. The maximum absolute atomic E-state index is 6.56. The van der Waals surface area contributed by atoms with E-state index in [0.717, 1.165) is 42.7 Å². The van der Waals surface area contributed by atoms with Crippen molar-refractivity contribution in [2.24, 2.45) is 4.99 Å². The topological polar surface area (TPSA) is 42.9 Å². The number of rotatable bonds is 4. The van der Waals surface area contributed by atoms with Crippen molar-refractivity contribution in [1.82, 2.24) is 15.5 Å². The minimum Gasteiger partial charge on any atom is -0.369 e. The van der Waals surface area contributed by atoms with Crippen molar-refractivity contribution >= 4 is 23.2 Å². The SMILES string of the molecule is CN=C(NCc1c(Cl)cccc1N1CCN(C)CC1)NC1CCCCC1. The molecule has 0 atom stereocenters. The van der Waals surface area contributed by atoms with Gasteiger partial charge in [0, 0.05) is 62.1 Å². The third kappa shape index (κ3) is 5.04. The van der Waals surface area contributed by atoms with Gasteiger partial charge >= 0.3 is 0 Å². The van der Waals surface area contributed by atoms with Crippen molar-refractivity contribution in [3.8, 4) is 0 Å². The number of hydrogen-bond donors (Lipinski definition) is 2. The molecule has 2 fully saturated rings. The van der Waals surface area contributed by atoms with E-state index in [1.807, 2.05) is 13.1 Å². The molecule has 1 saturated heterocycles. The van der Waals surface area contributed by atoms with Crippen LogP contribution in [0.15, 0.2) is 23.2 Å². The molecule has 0 amide bonds. The van der Waals surface area contributed by atoms with E-state index < -0.39 is 0 Å². The number of aliphatic imine (C=N–C) groups is 1. The van der Waals surface area contributed by atoms with Crippen LogP contribution in [0.3, 0.4) is 0 Å². The molecule has 1 aromatic carbocycles. The Morgan fingerprint density at radius 3 is 2.58 bits per heavy atom. The maximum atomic E-state index is 6.56. The van der Waals surface area contributed by atoms with Crippen LogP contribution in [0.4, 0.5) is 5.69 Å². The van der Waals surface area contributed by atoms with Crippen molar-refractivity contribution in [1.29, 1.82) is 0 Å². The Balaban J connectivity index is 1.64. The summed E-state index contributed by atoms with van der Waals surface area (Å²) >= 11 is 6.56. The van der Waals surface area contributed by atoms with Crippen LogP contribution in [-0.4, -0.2) is 57.2 Å². The molecular weight excluding hydrogens is 346 g/mol. The van der Waals surface area contributed by atoms with Gasteiger partial charge in [-0.25, -0.2) is 0 Å². The lowest BCUT2D eigenvalue weighted by Gasteiger charge is -2.35. The van der Waals surface area contributed by atoms with Crippen LogP contribution in [0.1, 0.15) is 37.7 Å². The van der Waals surface area contributed by atoms with E-state index in [9.17, 15) is 0 Å². The number of likely N-dealkylation sites (N-methyl/N-ethyl adjacent to an activating group) is 1. The van der Waals surface area contributed by atoms with E-state index in [4.69, 9.17) is 11.6 Å². The molecule has 3 rings (SSSR count). The Bertz CT molecular complexity index is 604. The second-order valence-electron chi connectivity index (χ2n) is 7.43. The van der Waals surface area contributed by atoms with Gasteiger partial charge in [-0.15, -0.1) is 0 Å². The Hall–Kier alpha value is -1.46. The monoisotopic (exact) mass is 377 g/mol. The number of benzene rings is 1. The summed E-state index contributed by atoms with van der Waals surface area (Å²) in [4.78, 5) is 9.22. The average Bonchev–Trinajstić information content (AvgIpc) is 2.67. The minimum absolute atomic E-state index is 0.540. The summed E-state index contributed by atoms with van der Waals surface area (Å²) in [6, 6.07) is 6.76. The summed E-state index contributed by atoms with van der Waals surface area (Å²) in [5.74, 6) is 0.876. The van der Waals surface area contributed by atoms with Gasteiger partial charge in [-0.3, -0.25) is 4.99 Å². The molecule has 1 aliphatic carbocycles. The minimum atomic E-state index is 0.540. The number of guanidine groups is 1. The van der Waals surface area contributed by atoms with Crippen LogP contribution < -0.4 is 15.5 Å². The van der Waals surface area contributed by atoms with Crippen LogP contribution in [-0.2, 0) is 6.54 Å². The first-order valence-electron chi connectivity index (χ1n) is 9.85. The highest BCUT2D eigenvalue weighted by Gasteiger charge is 2.19. The van der Waals surface area contributed by atoms with Gasteiger partial charge in [0.1, 0.15) is 0 Å². The maximum Gasteiger partial charge on any atom is 0.191 e. The van der Waals surface area contributed by atoms with Crippen LogP contribution >= 0.6 is 11.6 Å². The third-order valence-corrected chi connectivity index (χ3v) is 5.89. The lowest BCUT2D eigenvalue weighted by molar-refractivity contribution is 0.312. The summed E-state index contributed by atoms with van der Waals surface area (Å²) in [7, 11) is 4.02. The van der Waals surface area contributed by atoms with E-state index in [0.29, 0.717) is 12.6 Å². The molecule has 1 heterocycles. The van der Waals surface area contributed by atoms with Gasteiger partial charge < -0.3 is 20.4 Å². The molecule has 6 heteroatoms. The summed E-state index contributed by atoms with van der Waals surface area (Å²) in [5, 5.41) is 7.88. The Morgan fingerprint density at radius 1 is 1.15 bits per heavy atom.